The Morgan fingerprint density at radius 1 is 1.75 bits per heavy atom. The molecule has 0 fully saturated rings. The summed E-state index contributed by atoms with van der Waals surface area (Å²) in [7, 11) is 0. The van der Waals surface area contributed by atoms with Gasteiger partial charge in [-0.2, -0.15) is 0 Å². The van der Waals surface area contributed by atoms with E-state index in [1.807, 2.05) is 6.92 Å². The summed E-state index contributed by atoms with van der Waals surface area (Å²) in [6.45, 7) is 6.22. The van der Waals surface area contributed by atoms with Gasteiger partial charge in [-0.1, -0.05) is 6.58 Å². The van der Waals surface area contributed by atoms with Crippen molar-refractivity contribution in [3.8, 4) is 0 Å². The topological polar surface area (TPSA) is 48.1 Å². The Bertz CT molecular complexity index is 284. The third-order valence-corrected chi connectivity index (χ3v) is 1.47. The number of ether oxygens (including phenoxy) is 1. The maximum absolute atomic E-state index is 5.67. The van der Waals surface area contributed by atoms with E-state index in [1.165, 1.54) is 0 Å². The second kappa shape index (κ2) is 3.76. The molecule has 0 aliphatic rings. The van der Waals surface area contributed by atoms with Gasteiger partial charge in [-0.15, -0.1) is 0 Å². The zero-order valence-corrected chi connectivity index (χ0v) is 7.08. The van der Waals surface area contributed by atoms with Gasteiger partial charge < -0.3 is 10.5 Å². The Morgan fingerprint density at radius 3 is 3.08 bits per heavy atom. The molecule has 0 unspecified atom stereocenters. The Kier molecular flexibility index (Phi) is 2.69. The molecule has 1 aromatic heterocycles. The summed E-state index contributed by atoms with van der Waals surface area (Å²) >= 11 is 0. The largest absolute Gasteiger partial charge is 0.494 e. The van der Waals surface area contributed by atoms with Gasteiger partial charge in [-0.25, -0.2) is 0 Å². The number of aromatic nitrogens is 1. The molecule has 0 saturated carbocycles. The minimum absolute atomic E-state index is 0.572. The number of pyridine rings is 1. The van der Waals surface area contributed by atoms with Gasteiger partial charge in [0.2, 0.25) is 0 Å². The number of nitrogens with zero attached hydrogens (tertiary/aromatic N) is 1. The van der Waals surface area contributed by atoms with E-state index in [4.69, 9.17) is 10.5 Å². The standard InChI is InChI=1S/C9H12N2O/c1-3-12-7(2)8-6-11-5-4-9(8)10/h4-6H,2-3H2,1H3,(H2,10,11). The molecule has 0 radical (unpaired) electrons. The number of nitrogens with two attached hydrogens (primary N) is 1. The quantitative estimate of drug-likeness (QED) is 0.691. The van der Waals surface area contributed by atoms with Crippen molar-refractivity contribution in [1.29, 1.82) is 0 Å². The molecule has 0 atom stereocenters. The van der Waals surface area contributed by atoms with Gasteiger partial charge in [-0.3, -0.25) is 4.98 Å². The predicted molar refractivity (Wildman–Crippen MR) is 49.3 cm³/mol. The van der Waals surface area contributed by atoms with Gasteiger partial charge in [0.1, 0.15) is 5.76 Å². The van der Waals surface area contributed by atoms with E-state index in [2.05, 4.69) is 11.6 Å². The highest BCUT2D eigenvalue weighted by molar-refractivity contribution is 5.68. The molecule has 1 rings (SSSR count). The van der Waals surface area contributed by atoms with Gasteiger partial charge in [0.15, 0.2) is 0 Å². The molecule has 0 amide bonds. The first kappa shape index (κ1) is 8.59. The number of rotatable bonds is 3. The van der Waals surface area contributed by atoms with E-state index in [9.17, 15) is 0 Å². The lowest BCUT2D eigenvalue weighted by Crippen LogP contribution is -1.96. The average molecular weight is 164 g/mol. The maximum atomic E-state index is 5.67. The summed E-state index contributed by atoms with van der Waals surface area (Å²) in [5.74, 6) is 0.572. The van der Waals surface area contributed by atoms with Crippen LogP contribution in [-0.2, 0) is 4.74 Å². The molecule has 0 aromatic carbocycles. The van der Waals surface area contributed by atoms with Crippen LogP contribution in [0.25, 0.3) is 5.76 Å². The van der Waals surface area contributed by atoms with Gasteiger partial charge >= 0.3 is 0 Å². The molecule has 0 bridgehead atoms. The highest BCUT2D eigenvalue weighted by Gasteiger charge is 2.02. The second-order valence-corrected chi connectivity index (χ2v) is 2.32. The normalized spacial score (nSPS) is 9.42. The van der Waals surface area contributed by atoms with Gasteiger partial charge in [-0.05, 0) is 13.0 Å². The van der Waals surface area contributed by atoms with Gasteiger partial charge in [0, 0.05) is 18.1 Å². The van der Waals surface area contributed by atoms with Crippen LogP contribution in [0, 0.1) is 0 Å². The fourth-order valence-corrected chi connectivity index (χ4v) is 0.890. The molecule has 0 aliphatic heterocycles. The third-order valence-electron chi connectivity index (χ3n) is 1.47. The van der Waals surface area contributed by atoms with E-state index in [-0.39, 0.29) is 0 Å². The first-order valence-corrected chi connectivity index (χ1v) is 3.77. The number of hydrogen-bond donors (Lipinski definition) is 1. The van der Waals surface area contributed by atoms with E-state index >= 15 is 0 Å². The Labute approximate surface area is 71.9 Å². The Balaban J connectivity index is 2.87. The van der Waals surface area contributed by atoms with Crippen LogP contribution in [0.2, 0.25) is 0 Å². The van der Waals surface area contributed by atoms with Crippen LogP contribution in [0.3, 0.4) is 0 Å². The molecule has 0 aliphatic carbocycles. The summed E-state index contributed by atoms with van der Waals surface area (Å²) in [5.41, 5.74) is 7.08. The summed E-state index contributed by atoms with van der Waals surface area (Å²) in [4.78, 5) is 3.93. The fourth-order valence-electron chi connectivity index (χ4n) is 0.890. The zero-order valence-electron chi connectivity index (χ0n) is 7.08. The summed E-state index contributed by atoms with van der Waals surface area (Å²) in [6.07, 6.45) is 3.28. The lowest BCUT2D eigenvalue weighted by Gasteiger charge is -2.07. The average Bonchev–Trinajstić information content (AvgIpc) is 2.05. The maximum Gasteiger partial charge on any atom is 0.122 e. The Morgan fingerprint density at radius 2 is 2.50 bits per heavy atom. The number of anilines is 1. The third kappa shape index (κ3) is 1.75. The van der Waals surface area contributed by atoms with E-state index < -0.39 is 0 Å². The highest BCUT2D eigenvalue weighted by Crippen LogP contribution is 2.18. The monoisotopic (exact) mass is 164 g/mol. The summed E-state index contributed by atoms with van der Waals surface area (Å²) in [5, 5.41) is 0. The van der Waals surface area contributed by atoms with Gasteiger partial charge in [0.25, 0.3) is 0 Å². The lowest BCUT2D eigenvalue weighted by atomic mass is 10.2. The van der Waals surface area contributed by atoms with Crippen molar-refractivity contribution in [2.45, 2.75) is 6.92 Å². The molecule has 3 nitrogen and oxygen atoms in total. The molecular weight excluding hydrogens is 152 g/mol. The SMILES string of the molecule is C=C(OCC)c1cnccc1N. The van der Waals surface area contributed by atoms with Crippen LogP contribution >= 0.6 is 0 Å². The number of hydrogen-bond acceptors (Lipinski definition) is 3. The zero-order chi connectivity index (χ0) is 8.97. The van der Waals surface area contributed by atoms with Crippen LogP contribution < -0.4 is 5.73 Å². The molecular formula is C9H12N2O. The molecule has 0 spiro atoms. The lowest BCUT2D eigenvalue weighted by molar-refractivity contribution is 0.299. The van der Waals surface area contributed by atoms with Crippen molar-refractivity contribution in [3.63, 3.8) is 0 Å². The molecule has 1 aromatic rings. The first-order chi connectivity index (χ1) is 5.75. The van der Waals surface area contributed by atoms with Crippen molar-refractivity contribution in [3.05, 3.63) is 30.6 Å². The van der Waals surface area contributed by atoms with Crippen LogP contribution in [0.1, 0.15) is 12.5 Å². The van der Waals surface area contributed by atoms with Crippen molar-refractivity contribution in [1.82, 2.24) is 4.98 Å². The molecule has 12 heavy (non-hydrogen) atoms. The molecule has 1 heterocycles. The molecule has 0 saturated heterocycles. The predicted octanol–water partition coefficient (Wildman–Crippen LogP) is 1.67. The number of nitrogen functional groups attached to an aromatic ring is 1. The van der Waals surface area contributed by atoms with Crippen LogP contribution in [0.15, 0.2) is 25.0 Å². The van der Waals surface area contributed by atoms with Crippen molar-refractivity contribution in [2.75, 3.05) is 12.3 Å². The molecule has 3 heteroatoms. The van der Waals surface area contributed by atoms with Crippen molar-refractivity contribution < 1.29 is 4.74 Å². The smallest absolute Gasteiger partial charge is 0.122 e. The summed E-state index contributed by atoms with van der Waals surface area (Å²) in [6, 6.07) is 1.72. The minimum Gasteiger partial charge on any atom is -0.494 e. The fraction of sp³-hybridized carbons (Fsp3) is 0.222. The first-order valence-electron chi connectivity index (χ1n) is 3.77. The van der Waals surface area contributed by atoms with Crippen LogP contribution in [-0.4, -0.2) is 11.6 Å². The van der Waals surface area contributed by atoms with E-state index in [0.29, 0.717) is 18.1 Å². The van der Waals surface area contributed by atoms with Crippen LogP contribution in [0.5, 0.6) is 0 Å². The highest BCUT2D eigenvalue weighted by atomic mass is 16.5. The summed E-state index contributed by atoms with van der Waals surface area (Å²) < 4.78 is 5.19. The van der Waals surface area contributed by atoms with Gasteiger partial charge in [0.05, 0.1) is 12.2 Å². The molecule has 2 N–H and O–H groups in total. The molecule has 64 valence electrons. The van der Waals surface area contributed by atoms with E-state index in [1.54, 1.807) is 18.5 Å². The second-order valence-electron chi connectivity index (χ2n) is 2.32. The van der Waals surface area contributed by atoms with Crippen molar-refractivity contribution >= 4 is 11.4 Å². The van der Waals surface area contributed by atoms with Crippen molar-refractivity contribution in [2.24, 2.45) is 0 Å². The van der Waals surface area contributed by atoms with E-state index in [0.717, 1.165) is 5.56 Å². The minimum atomic E-state index is 0.572. The Hall–Kier alpha value is -1.51. The van der Waals surface area contributed by atoms with Crippen LogP contribution in [0.4, 0.5) is 5.69 Å².